The van der Waals surface area contributed by atoms with Crippen molar-refractivity contribution in [1.29, 1.82) is 0 Å². The van der Waals surface area contributed by atoms with Crippen LogP contribution in [0.3, 0.4) is 0 Å². The second-order valence-electron chi connectivity index (χ2n) is 3.97. The largest absolute Gasteiger partial charge is 0.462 e. The highest BCUT2D eigenvalue weighted by atomic mass is 35.8. The second kappa shape index (κ2) is 7.88. The first-order valence-corrected chi connectivity index (χ1v) is 11.0. The van der Waals surface area contributed by atoms with Gasteiger partial charge in [0.05, 0.1) is 12.2 Å². The molecule has 0 bridgehead atoms. The minimum absolute atomic E-state index is 0.200. The van der Waals surface area contributed by atoms with Crippen LogP contribution in [0.1, 0.15) is 23.7 Å². The van der Waals surface area contributed by atoms with Crippen molar-refractivity contribution in [2.45, 2.75) is 19.4 Å². The molecule has 0 saturated heterocycles. The smallest absolute Gasteiger partial charge is 0.341 e. The summed E-state index contributed by atoms with van der Waals surface area (Å²) in [6, 6.07) is 3.86. The van der Waals surface area contributed by atoms with Gasteiger partial charge in [0, 0.05) is 6.92 Å². The third kappa shape index (κ3) is 7.14. The lowest BCUT2D eigenvalue weighted by Crippen LogP contribution is -2.12. The molecule has 4 nitrogen and oxygen atoms in total. The summed E-state index contributed by atoms with van der Waals surface area (Å²) in [6.45, 7) is 1.50. The molecule has 0 saturated carbocycles. The van der Waals surface area contributed by atoms with Crippen LogP contribution in [0.15, 0.2) is 24.3 Å². The van der Waals surface area contributed by atoms with E-state index in [4.69, 9.17) is 42.7 Å². The molecule has 1 rings (SSSR count). The summed E-state index contributed by atoms with van der Waals surface area (Å²) >= 11 is 17.1. The van der Waals surface area contributed by atoms with Gasteiger partial charge < -0.3 is 9.47 Å². The van der Waals surface area contributed by atoms with E-state index in [1.165, 1.54) is 31.2 Å². The van der Waals surface area contributed by atoms with E-state index in [1.54, 1.807) is 0 Å². The predicted molar refractivity (Wildman–Crippen MR) is 80.8 cm³/mol. The van der Waals surface area contributed by atoms with Crippen LogP contribution in [0.25, 0.3) is 0 Å². The molecule has 1 aromatic rings. The van der Waals surface area contributed by atoms with Crippen LogP contribution in [0, 0.1) is 0 Å². The van der Waals surface area contributed by atoms with Crippen LogP contribution in [-0.4, -0.2) is 24.5 Å². The summed E-state index contributed by atoms with van der Waals surface area (Å²) in [6.07, 6.45) is 0.514. The molecule has 0 amide bonds. The van der Waals surface area contributed by atoms with Crippen molar-refractivity contribution in [3.05, 3.63) is 29.8 Å². The quantitative estimate of drug-likeness (QED) is 0.256. The Kier molecular flexibility index (Phi) is 6.81. The van der Waals surface area contributed by atoms with E-state index in [-0.39, 0.29) is 6.61 Å². The van der Waals surface area contributed by atoms with Crippen LogP contribution in [0.4, 0.5) is 0 Å². The summed E-state index contributed by atoms with van der Waals surface area (Å²) in [4.78, 5) is 22.4. The van der Waals surface area contributed by atoms with Gasteiger partial charge in [-0.05, 0) is 36.7 Å². The molecule has 0 unspecified atom stereocenters. The Labute approximate surface area is 132 Å². The van der Waals surface area contributed by atoms with Crippen molar-refractivity contribution in [2.24, 2.45) is 0 Å². The van der Waals surface area contributed by atoms with Crippen LogP contribution in [0.2, 0.25) is 6.04 Å². The molecule has 0 heterocycles. The third-order valence-corrected chi connectivity index (χ3v) is 4.81. The molecule has 0 aliphatic carbocycles. The summed E-state index contributed by atoms with van der Waals surface area (Å²) in [5.74, 6) is -0.516. The molecule has 0 fully saturated rings. The standard InChI is InChI=1S/C12H13Cl3O4Si/c1-9(16)19-11-5-3-10(4-6-11)12(17)18-7-2-8-20(13,14)15/h3-6H,2,7-8H2,1H3. The minimum atomic E-state index is -2.65. The van der Waals surface area contributed by atoms with E-state index in [9.17, 15) is 9.59 Å². The van der Waals surface area contributed by atoms with Crippen molar-refractivity contribution in [2.75, 3.05) is 6.61 Å². The van der Waals surface area contributed by atoms with Gasteiger partial charge in [-0.1, -0.05) is 0 Å². The SMILES string of the molecule is CC(=O)Oc1ccc(C(=O)OCCC[Si](Cl)(Cl)Cl)cc1. The number of ether oxygens (including phenoxy) is 2. The zero-order chi connectivity index (χ0) is 15.2. The number of benzene rings is 1. The first kappa shape index (κ1) is 17.3. The lowest BCUT2D eigenvalue weighted by Gasteiger charge is -2.08. The zero-order valence-electron chi connectivity index (χ0n) is 10.7. The summed E-state index contributed by atoms with van der Waals surface area (Å²) < 4.78 is 9.90. The summed E-state index contributed by atoms with van der Waals surface area (Å²) in [5, 5.41) is 0. The Morgan fingerprint density at radius 3 is 2.25 bits per heavy atom. The number of hydrogen-bond donors (Lipinski definition) is 0. The van der Waals surface area contributed by atoms with Gasteiger partial charge in [-0.25, -0.2) is 4.79 Å². The van der Waals surface area contributed by atoms with Gasteiger partial charge >= 0.3 is 17.9 Å². The molecule has 0 N–H and O–H groups in total. The number of hydrogen-bond acceptors (Lipinski definition) is 4. The minimum Gasteiger partial charge on any atom is -0.462 e. The first-order chi connectivity index (χ1) is 9.28. The molecule has 8 heteroatoms. The molecule has 0 radical (unpaired) electrons. The van der Waals surface area contributed by atoms with Gasteiger partial charge in [-0.3, -0.25) is 4.79 Å². The number of carbonyl (C=O) groups excluding carboxylic acids is 2. The predicted octanol–water partition coefficient (Wildman–Crippen LogP) is 3.81. The Hall–Kier alpha value is -0.753. The Balaban J connectivity index is 2.42. The fraction of sp³-hybridized carbons (Fsp3) is 0.333. The highest BCUT2D eigenvalue weighted by Crippen LogP contribution is 2.26. The average Bonchev–Trinajstić information content (AvgIpc) is 2.33. The maximum absolute atomic E-state index is 11.7. The van der Waals surface area contributed by atoms with Crippen molar-refractivity contribution in [3.8, 4) is 5.75 Å². The molecule has 1 aromatic carbocycles. The van der Waals surface area contributed by atoms with Gasteiger partial charge in [0.1, 0.15) is 5.75 Å². The van der Waals surface area contributed by atoms with E-state index >= 15 is 0 Å². The van der Waals surface area contributed by atoms with Gasteiger partial charge in [0.2, 0.25) is 0 Å². The molecular weight excluding hydrogens is 343 g/mol. The molecule has 0 aliphatic rings. The molecule has 0 spiro atoms. The van der Waals surface area contributed by atoms with Crippen LogP contribution < -0.4 is 4.74 Å². The van der Waals surface area contributed by atoms with E-state index in [0.717, 1.165) is 0 Å². The lowest BCUT2D eigenvalue weighted by molar-refractivity contribution is -0.131. The molecule has 110 valence electrons. The van der Waals surface area contributed by atoms with Gasteiger partial charge in [0.25, 0.3) is 0 Å². The normalized spacial score (nSPS) is 11.0. The third-order valence-electron chi connectivity index (χ3n) is 2.19. The second-order valence-corrected chi connectivity index (χ2v) is 13.3. The van der Waals surface area contributed by atoms with Crippen LogP contribution >= 0.6 is 33.2 Å². The van der Waals surface area contributed by atoms with E-state index < -0.39 is 17.9 Å². The summed E-state index contributed by atoms with van der Waals surface area (Å²) in [7, 11) is 0. The van der Waals surface area contributed by atoms with Gasteiger partial charge in [-0.15, -0.1) is 33.2 Å². The fourth-order valence-corrected chi connectivity index (χ4v) is 3.09. The maximum atomic E-state index is 11.7. The highest BCUT2D eigenvalue weighted by Gasteiger charge is 2.24. The molecular formula is C12H13Cl3O4Si. The average molecular weight is 356 g/mol. The van der Waals surface area contributed by atoms with E-state index in [2.05, 4.69) is 0 Å². The van der Waals surface area contributed by atoms with Crippen molar-refractivity contribution in [3.63, 3.8) is 0 Å². The van der Waals surface area contributed by atoms with Crippen molar-refractivity contribution >= 4 is 51.2 Å². The van der Waals surface area contributed by atoms with Gasteiger partial charge in [0.15, 0.2) is 0 Å². The van der Waals surface area contributed by atoms with E-state index in [1.807, 2.05) is 0 Å². The Morgan fingerprint density at radius 2 is 1.75 bits per heavy atom. The number of carbonyl (C=O) groups is 2. The monoisotopic (exact) mass is 354 g/mol. The molecule has 0 aliphatic heterocycles. The van der Waals surface area contributed by atoms with E-state index in [0.29, 0.717) is 23.8 Å². The number of halogens is 3. The molecule has 0 atom stereocenters. The van der Waals surface area contributed by atoms with Crippen LogP contribution in [-0.2, 0) is 9.53 Å². The fourth-order valence-electron chi connectivity index (χ4n) is 1.35. The number of esters is 2. The van der Waals surface area contributed by atoms with Gasteiger partial charge in [-0.2, -0.15) is 0 Å². The highest BCUT2D eigenvalue weighted by molar-refractivity contribution is 7.64. The van der Waals surface area contributed by atoms with Crippen LogP contribution in [0.5, 0.6) is 5.75 Å². The molecule has 0 aromatic heterocycles. The van der Waals surface area contributed by atoms with Crippen molar-refractivity contribution < 1.29 is 19.1 Å². The maximum Gasteiger partial charge on any atom is 0.341 e. The Morgan fingerprint density at radius 1 is 1.15 bits per heavy atom. The Bertz CT molecular complexity index is 471. The zero-order valence-corrected chi connectivity index (χ0v) is 14.0. The molecule has 20 heavy (non-hydrogen) atoms. The lowest BCUT2D eigenvalue weighted by atomic mass is 10.2. The first-order valence-electron chi connectivity index (χ1n) is 5.80. The topological polar surface area (TPSA) is 52.6 Å². The summed E-state index contributed by atoms with van der Waals surface area (Å²) in [5.41, 5.74) is 0.368. The van der Waals surface area contributed by atoms with Crippen molar-refractivity contribution in [1.82, 2.24) is 0 Å². The number of rotatable bonds is 6.